The molecule has 0 saturated carbocycles. The molecule has 0 unspecified atom stereocenters. The summed E-state index contributed by atoms with van der Waals surface area (Å²) in [4.78, 5) is 11.4. The molecule has 0 bridgehead atoms. The largest absolute Gasteiger partial charge is 0.464 e. The second-order valence-electron chi connectivity index (χ2n) is 3.91. The molecular weight excluding hydrogens is 238 g/mol. The quantitative estimate of drug-likeness (QED) is 0.625. The average Bonchev–Trinajstić information content (AvgIpc) is 2.31. The molecule has 0 heterocycles. The number of unbranched alkanes of at least 4 members (excludes halogenated alkanes) is 1. The molecule has 0 fully saturated rings. The fourth-order valence-electron chi connectivity index (χ4n) is 1.32. The first-order chi connectivity index (χ1) is 8.13. The fraction of sp³-hybridized carbons (Fsp3) is 0.462. The van der Waals surface area contributed by atoms with Gasteiger partial charge in [0, 0.05) is 0 Å². The molecule has 1 rings (SSSR count). The number of benzene rings is 1. The number of ether oxygens (including phenoxy) is 1. The van der Waals surface area contributed by atoms with Gasteiger partial charge in [-0.05, 0) is 31.0 Å². The third-order valence-electron chi connectivity index (χ3n) is 2.31. The van der Waals surface area contributed by atoms with Crippen LogP contribution in [-0.2, 0) is 9.53 Å². The summed E-state index contributed by atoms with van der Waals surface area (Å²) in [5, 5.41) is 3.58. The zero-order chi connectivity index (χ0) is 12.7. The standard InChI is InChI=1S/C13H18ClNO2/c1-3-4-7-17-13(16)9-15-12-8-10(2)5-6-11(12)14/h5-6,8,15H,3-4,7,9H2,1-2H3. The SMILES string of the molecule is CCCCOC(=O)CNc1cc(C)ccc1Cl. The highest BCUT2D eigenvalue weighted by Gasteiger charge is 2.04. The van der Waals surface area contributed by atoms with Crippen molar-refractivity contribution in [3.8, 4) is 0 Å². The summed E-state index contributed by atoms with van der Waals surface area (Å²) in [5.41, 5.74) is 1.86. The van der Waals surface area contributed by atoms with Gasteiger partial charge in [-0.25, -0.2) is 0 Å². The van der Waals surface area contributed by atoms with Crippen molar-refractivity contribution in [1.29, 1.82) is 0 Å². The second-order valence-corrected chi connectivity index (χ2v) is 4.32. The van der Waals surface area contributed by atoms with Gasteiger partial charge in [0.25, 0.3) is 0 Å². The lowest BCUT2D eigenvalue weighted by Gasteiger charge is -2.09. The van der Waals surface area contributed by atoms with Gasteiger partial charge in [-0.15, -0.1) is 0 Å². The van der Waals surface area contributed by atoms with Gasteiger partial charge in [0.15, 0.2) is 0 Å². The van der Waals surface area contributed by atoms with Crippen molar-refractivity contribution in [3.05, 3.63) is 28.8 Å². The van der Waals surface area contributed by atoms with Gasteiger partial charge in [-0.3, -0.25) is 4.79 Å². The minimum atomic E-state index is -0.254. The predicted octanol–water partition coefficient (Wildman–Crippen LogP) is 3.40. The van der Waals surface area contributed by atoms with E-state index in [1.54, 1.807) is 0 Å². The number of hydrogen-bond acceptors (Lipinski definition) is 3. The number of aryl methyl sites for hydroxylation is 1. The summed E-state index contributed by atoms with van der Waals surface area (Å²) >= 11 is 5.99. The Kier molecular flexibility index (Phi) is 5.84. The second kappa shape index (κ2) is 7.17. The van der Waals surface area contributed by atoms with E-state index < -0.39 is 0 Å². The Bertz CT molecular complexity index is 380. The zero-order valence-electron chi connectivity index (χ0n) is 10.3. The van der Waals surface area contributed by atoms with Crippen LogP contribution in [0, 0.1) is 6.92 Å². The lowest BCUT2D eigenvalue weighted by Crippen LogP contribution is -2.17. The first-order valence-corrected chi connectivity index (χ1v) is 6.17. The Labute approximate surface area is 107 Å². The van der Waals surface area contributed by atoms with Crippen LogP contribution in [0.4, 0.5) is 5.69 Å². The van der Waals surface area contributed by atoms with Crippen molar-refractivity contribution in [3.63, 3.8) is 0 Å². The van der Waals surface area contributed by atoms with E-state index in [1.807, 2.05) is 25.1 Å². The maximum absolute atomic E-state index is 11.4. The van der Waals surface area contributed by atoms with Gasteiger partial charge in [0.2, 0.25) is 0 Å². The van der Waals surface area contributed by atoms with E-state index in [-0.39, 0.29) is 12.5 Å². The molecule has 1 aromatic rings. The number of rotatable bonds is 6. The Hall–Kier alpha value is -1.22. The summed E-state index contributed by atoms with van der Waals surface area (Å²) < 4.78 is 5.03. The Balaban J connectivity index is 2.39. The number of nitrogens with one attached hydrogen (secondary N) is 1. The van der Waals surface area contributed by atoms with Gasteiger partial charge in [-0.1, -0.05) is 31.0 Å². The number of halogens is 1. The van der Waals surface area contributed by atoms with Gasteiger partial charge >= 0.3 is 5.97 Å². The van der Waals surface area contributed by atoms with Crippen LogP contribution in [0.25, 0.3) is 0 Å². The molecule has 0 aliphatic rings. The van der Waals surface area contributed by atoms with Crippen LogP contribution < -0.4 is 5.32 Å². The summed E-state index contributed by atoms with van der Waals surface area (Å²) in [6, 6.07) is 5.64. The lowest BCUT2D eigenvalue weighted by atomic mass is 10.2. The van der Waals surface area contributed by atoms with Crippen LogP contribution in [-0.4, -0.2) is 19.1 Å². The molecule has 4 heteroatoms. The molecule has 0 aromatic heterocycles. The van der Waals surface area contributed by atoms with E-state index in [9.17, 15) is 4.79 Å². The third-order valence-corrected chi connectivity index (χ3v) is 2.64. The number of carbonyl (C=O) groups excluding carboxylic acids is 1. The van der Waals surface area contributed by atoms with Crippen LogP contribution in [0.2, 0.25) is 5.02 Å². The Morgan fingerprint density at radius 1 is 1.47 bits per heavy atom. The highest BCUT2D eigenvalue weighted by Crippen LogP contribution is 2.22. The molecule has 0 spiro atoms. The monoisotopic (exact) mass is 255 g/mol. The molecule has 0 aliphatic heterocycles. The van der Waals surface area contributed by atoms with E-state index in [0.29, 0.717) is 11.6 Å². The normalized spacial score (nSPS) is 10.1. The number of anilines is 1. The first-order valence-electron chi connectivity index (χ1n) is 5.79. The fourth-order valence-corrected chi connectivity index (χ4v) is 1.51. The van der Waals surface area contributed by atoms with Gasteiger partial charge < -0.3 is 10.1 Å². The molecule has 0 atom stereocenters. The van der Waals surface area contributed by atoms with Crippen LogP contribution >= 0.6 is 11.6 Å². The molecule has 0 aliphatic carbocycles. The highest BCUT2D eigenvalue weighted by molar-refractivity contribution is 6.33. The van der Waals surface area contributed by atoms with Crippen molar-refractivity contribution < 1.29 is 9.53 Å². The van der Waals surface area contributed by atoms with Gasteiger partial charge in [-0.2, -0.15) is 0 Å². The summed E-state index contributed by atoms with van der Waals surface area (Å²) in [6.45, 7) is 4.66. The van der Waals surface area contributed by atoms with Crippen LogP contribution in [0.5, 0.6) is 0 Å². The number of hydrogen-bond donors (Lipinski definition) is 1. The summed E-state index contributed by atoms with van der Waals surface area (Å²) in [5.74, 6) is -0.254. The molecule has 0 amide bonds. The van der Waals surface area contributed by atoms with E-state index in [1.165, 1.54) is 0 Å². The molecule has 94 valence electrons. The van der Waals surface area contributed by atoms with Crippen molar-refractivity contribution in [2.45, 2.75) is 26.7 Å². The van der Waals surface area contributed by atoms with Crippen molar-refractivity contribution >= 4 is 23.3 Å². The first kappa shape index (κ1) is 13.8. The minimum absolute atomic E-state index is 0.146. The van der Waals surface area contributed by atoms with E-state index in [2.05, 4.69) is 12.2 Å². The van der Waals surface area contributed by atoms with Crippen LogP contribution in [0.15, 0.2) is 18.2 Å². The topological polar surface area (TPSA) is 38.3 Å². The zero-order valence-corrected chi connectivity index (χ0v) is 11.0. The lowest BCUT2D eigenvalue weighted by molar-refractivity contribution is -0.141. The third kappa shape index (κ3) is 5.09. The van der Waals surface area contributed by atoms with Crippen molar-refractivity contribution in [2.75, 3.05) is 18.5 Å². The molecular formula is C13H18ClNO2. The average molecular weight is 256 g/mol. The Morgan fingerprint density at radius 2 is 2.24 bits per heavy atom. The smallest absolute Gasteiger partial charge is 0.325 e. The predicted molar refractivity (Wildman–Crippen MR) is 70.5 cm³/mol. The van der Waals surface area contributed by atoms with Gasteiger partial charge in [0.1, 0.15) is 6.54 Å². The molecule has 0 radical (unpaired) electrons. The molecule has 1 N–H and O–H groups in total. The minimum Gasteiger partial charge on any atom is -0.464 e. The van der Waals surface area contributed by atoms with E-state index >= 15 is 0 Å². The van der Waals surface area contributed by atoms with E-state index in [4.69, 9.17) is 16.3 Å². The van der Waals surface area contributed by atoms with Crippen molar-refractivity contribution in [2.24, 2.45) is 0 Å². The van der Waals surface area contributed by atoms with Crippen LogP contribution in [0.1, 0.15) is 25.3 Å². The van der Waals surface area contributed by atoms with E-state index in [0.717, 1.165) is 24.1 Å². The Morgan fingerprint density at radius 3 is 2.94 bits per heavy atom. The van der Waals surface area contributed by atoms with Gasteiger partial charge in [0.05, 0.1) is 17.3 Å². The molecule has 1 aromatic carbocycles. The van der Waals surface area contributed by atoms with Crippen molar-refractivity contribution in [1.82, 2.24) is 0 Å². The summed E-state index contributed by atoms with van der Waals surface area (Å²) in [6.07, 6.45) is 1.92. The summed E-state index contributed by atoms with van der Waals surface area (Å²) in [7, 11) is 0. The highest BCUT2D eigenvalue weighted by atomic mass is 35.5. The molecule has 3 nitrogen and oxygen atoms in total. The number of esters is 1. The maximum Gasteiger partial charge on any atom is 0.325 e. The molecule has 0 saturated heterocycles. The van der Waals surface area contributed by atoms with Crippen LogP contribution in [0.3, 0.4) is 0 Å². The maximum atomic E-state index is 11.4. The molecule has 17 heavy (non-hydrogen) atoms. The number of carbonyl (C=O) groups is 1.